The molecule has 0 aromatic heterocycles. The molecule has 3 rings (SSSR count). The van der Waals surface area contributed by atoms with E-state index in [0.29, 0.717) is 18.4 Å². The van der Waals surface area contributed by atoms with Crippen molar-refractivity contribution in [1.82, 2.24) is 10.2 Å². The van der Waals surface area contributed by atoms with Crippen molar-refractivity contribution in [2.24, 2.45) is 0 Å². The van der Waals surface area contributed by atoms with Crippen LogP contribution in [0, 0.1) is 11.8 Å². The van der Waals surface area contributed by atoms with E-state index in [-0.39, 0.29) is 24.0 Å². The van der Waals surface area contributed by atoms with Crippen LogP contribution in [0.3, 0.4) is 0 Å². The van der Waals surface area contributed by atoms with Crippen LogP contribution >= 0.6 is 0 Å². The molecule has 1 aromatic carbocycles. The highest BCUT2D eigenvalue weighted by atomic mass is 16.2. The summed E-state index contributed by atoms with van der Waals surface area (Å²) < 4.78 is 0. The molecule has 150 valence electrons. The molecule has 1 unspecified atom stereocenters. The number of imide groups is 2. The molecule has 4 amide bonds. The van der Waals surface area contributed by atoms with E-state index in [2.05, 4.69) is 17.2 Å². The zero-order chi connectivity index (χ0) is 20.8. The molecule has 0 saturated carbocycles. The number of rotatable bonds is 7. The molecule has 29 heavy (non-hydrogen) atoms. The Bertz CT molecular complexity index is 925. The van der Waals surface area contributed by atoms with Crippen LogP contribution in [0.1, 0.15) is 77.6 Å². The van der Waals surface area contributed by atoms with Gasteiger partial charge in [0.25, 0.3) is 11.8 Å². The van der Waals surface area contributed by atoms with Crippen molar-refractivity contribution in [3.05, 3.63) is 34.9 Å². The Morgan fingerprint density at radius 2 is 1.79 bits per heavy atom. The van der Waals surface area contributed by atoms with E-state index >= 15 is 0 Å². The summed E-state index contributed by atoms with van der Waals surface area (Å²) in [6.45, 7) is 0. The predicted molar refractivity (Wildman–Crippen MR) is 104 cm³/mol. The van der Waals surface area contributed by atoms with Crippen molar-refractivity contribution in [3.8, 4) is 11.8 Å². The van der Waals surface area contributed by atoms with Gasteiger partial charge in [-0.3, -0.25) is 29.4 Å². The Morgan fingerprint density at radius 3 is 2.55 bits per heavy atom. The minimum absolute atomic E-state index is 0.0929. The average Bonchev–Trinajstić information content (AvgIpc) is 2.94. The van der Waals surface area contributed by atoms with Gasteiger partial charge >= 0.3 is 0 Å². The normalized spacial score (nSPS) is 18.2. The maximum absolute atomic E-state index is 12.8. The molecule has 0 radical (unpaired) electrons. The van der Waals surface area contributed by atoms with Crippen LogP contribution in [0.25, 0.3) is 0 Å². The van der Waals surface area contributed by atoms with E-state index in [0.717, 1.165) is 36.9 Å². The van der Waals surface area contributed by atoms with Gasteiger partial charge in [0.1, 0.15) is 12.3 Å². The lowest BCUT2D eigenvalue weighted by molar-refractivity contribution is -0.136. The lowest BCUT2D eigenvalue weighted by Crippen LogP contribution is -2.54. The Kier molecular flexibility index (Phi) is 6.55. The van der Waals surface area contributed by atoms with Gasteiger partial charge in [-0.2, -0.15) is 0 Å². The molecule has 7 heteroatoms. The van der Waals surface area contributed by atoms with E-state index in [1.54, 1.807) is 18.2 Å². The SMILES string of the molecule is O=CCCCCCCC#Cc1ccc2c(c1)C(=O)N(C1CCC(=O)NC1=O)C2=O. The summed E-state index contributed by atoms with van der Waals surface area (Å²) in [7, 11) is 0. The highest BCUT2D eigenvalue weighted by Crippen LogP contribution is 2.28. The second-order valence-electron chi connectivity index (χ2n) is 7.13. The molecule has 0 aliphatic carbocycles. The van der Waals surface area contributed by atoms with Gasteiger partial charge in [-0.05, 0) is 37.5 Å². The monoisotopic (exact) mass is 394 g/mol. The number of amides is 4. The number of piperidine rings is 1. The van der Waals surface area contributed by atoms with Gasteiger partial charge in [-0.1, -0.05) is 24.7 Å². The minimum atomic E-state index is -0.964. The number of carbonyl (C=O) groups excluding carboxylic acids is 5. The average molecular weight is 394 g/mol. The first kappa shape index (κ1) is 20.5. The quantitative estimate of drug-likeness (QED) is 0.330. The van der Waals surface area contributed by atoms with Gasteiger partial charge in [0.15, 0.2) is 0 Å². The van der Waals surface area contributed by atoms with Crippen LogP contribution in [0.5, 0.6) is 0 Å². The smallest absolute Gasteiger partial charge is 0.262 e. The third-order valence-electron chi connectivity index (χ3n) is 5.05. The number of carbonyl (C=O) groups is 5. The Morgan fingerprint density at radius 1 is 1.03 bits per heavy atom. The first-order valence-corrected chi connectivity index (χ1v) is 9.81. The molecule has 2 aliphatic heterocycles. The fourth-order valence-corrected chi connectivity index (χ4v) is 3.51. The van der Waals surface area contributed by atoms with Crippen LogP contribution in [0.2, 0.25) is 0 Å². The number of unbranched alkanes of at least 4 members (excludes halogenated alkanes) is 5. The highest BCUT2D eigenvalue weighted by molar-refractivity contribution is 6.23. The molecule has 1 atom stereocenters. The Balaban J connectivity index is 1.64. The zero-order valence-electron chi connectivity index (χ0n) is 16.0. The number of nitrogens with zero attached hydrogens (tertiary/aromatic N) is 1. The summed E-state index contributed by atoms with van der Waals surface area (Å²) >= 11 is 0. The molecule has 1 saturated heterocycles. The molecule has 2 aliphatic rings. The van der Waals surface area contributed by atoms with Gasteiger partial charge in [0, 0.05) is 24.8 Å². The maximum atomic E-state index is 12.8. The summed E-state index contributed by atoms with van der Waals surface area (Å²) in [5.41, 5.74) is 1.12. The minimum Gasteiger partial charge on any atom is -0.303 e. The van der Waals surface area contributed by atoms with E-state index in [1.807, 2.05) is 0 Å². The third-order valence-corrected chi connectivity index (χ3v) is 5.05. The number of benzene rings is 1. The summed E-state index contributed by atoms with van der Waals surface area (Å²) in [6, 6.07) is 3.87. The molecule has 0 bridgehead atoms. The molecular formula is C22H22N2O5. The first-order chi connectivity index (χ1) is 14.0. The second-order valence-corrected chi connectivity index (χ2v) is 7.13. The van der Waals surface area contributed by atoms with Gasteiger partial charge in [0.05, 0.1) is 11.1 Å². The first-order valence-electron chi connectivity index (χ1n) is 9.81. The van der Waals surface area contributed by atoms with Gasteiger partial charge in [0.2, 0.25) is 11.8 Å². The summed E-state index contributed by atoms with van der Waals surface area (Å²) in [6.07, 6.45) is 6.34. The predicted octanol–water partition coefficient (Wildman–Crippen LogP) is 1.98. The van der Waals surface area contributed by atoms with Crippen LogP contribution in [-0.4, -0.2) is 40.9 Å². The summed E-state index contributed by atoms with van der Waals surface area (Å²) in [5.74, 6) is 4.01. The van der Waals surface area contributed by atoms with Crippen LogP contribution in [-0.2, 0) is 14.4 Å². The highest BCUT2D eigenvalue weighted by Gasteiger charge is 2.44. The molecule has 1 fully saturated rings. The van der Waals surface area contributed by atoms with Crippen LogP contribution in [0.4, 0.5) is 0 Å². The second kappa shape index (κ2) is 9.28. The van der Waals surface area contributed by atoms with Crippen molar-refractivity contribution in [2.75, 3.05) is 0 Å². The molecule has 0 spiro atoms. The third kappa shape index (κ3) is 4.60. The largest absolute Gasteiger partial charge is 0.303 e. The topological polar surface area (TPSA) is 101 Å². The number of hydrogen-bond acceptors (Lipinski definition) is 5. The number of hydrogen-bond donors (Lipinski definition) is 1. The van der Waals surface area contributed by atoms with Gasteiger partial charge < -0.3 is 4.79 Å². The standard InChI is InChI=1S/C22H22N2O5/c25-13-7-5-3-1-2-4-6-8-15-9-10-16-17(14-15)22(29)24(21(16)28)18-11-12-19(26)23-20(18)27/h9-10,13-14,18H,1-5,7,11-12H2,(H,23,26,27). The lowest BCUT2D eigenvalue weighted by Gasteiger charge is -2.27. The van der Waals surface area contributed by atoms with Crippen molar-refractivity contribution in [2.45, 2.75) is 57.4 Å². The maximum Gasteiger partial charge on any atom is 0.262 e. The molecule has 7 nitrogen and oxygen atoms in total. The van der Waals surface area contributed by atoms with Crippen molar-refractivity contribution in [3.63, 3.8) is 0 Å². The number of aldehydes is 1. The van der Waals surface area contributed by atoms with E-state index in [9.17, 15) is 24.0 Å². The zero-order valence-corrected chi connectivity index (χ0v) is 16.0. The number of fused-ring (bicyclic) bond motifs is 1. The van der Waals surface area contributed by atoms with Crippen molar-refractivity contribution in [1.29, 1.82) is 0 Å². The Hall–Kier alpha value is -3.27. The van der Waals surface area contributed by atoms with Crippen LogP contribution in [0.15, 0.2) is 18.2 Å². The molecule has 2 heterocycles. The molecule has 1 N–H and O–H groups in total. The summed E-state index contributed by atoms with van der Waals surface area (Å²) in [5, 5.41) is 2.18. The lowest BCUT2D eigenvalue weighted by atomic mass is 10.0. The van der Waals surface area contributed by atoms with Gasteiger partial charge in [-0.25, -0.2) is 0 Å². The van der Waals surface area contributed by atoms with E-state index < -0.39 is 29.7 Å². The molecule has 1 aromatic rings. The van der Waals surface area contributed by atoms with Crippen LogP contribution < -0.4 is 5.32 Å². The van der Waals surface area contributed by atoms with E-state index in [1.165, 1.54) is 0 Å². The fraction of sp³-hybridized carbons (Fsp3) is 0.409. The summed E-state index contributed by atoms with van der Waals surface area (Å²) in [4.78, 5) is 60.0. The van der Waals surface area contributed by atoms with Crippen molar-refractivity contribution >= 4 is 29.9 Å². The fourth-order valence-electron chi connectivity index (χ4n) is 3.51. The number of nitrogens with one attached hydrogen (secondary N) is 1. The van der Waals surface area contributed by atoms with E-state index in [4.69, 9.17) is 0 Å². The molecular weight excluding hydrogens is 372 g/mol. The Labute approximate surface area is 168 Å². The van der Waals surface area contributed by atoms with Gasteiger partial charge in [-0.15, -0.1) is 0 Å². The van der Waals surface area contributed by atoms with Crippen molar-refractivity contribution < 1.29 is 24.0 Å².